The van der Waals surface area contributed by atoms with Crippen molar-refractivity contribution in [3.63, 3.8) is 0 Å². The van der Waals surface area contributed by atoms with Crippen LogP contribution in [0.5, 0.6) is 0 Å². The fourth-order valence-electron chi connectivity index (χ4n) is 4.19. The number of sulfone groups is 1. The molecule has 0 fully saturated rings. The van der Waals surface area contributed by atoms with E-state index in [1.54, 1.807) is 12.1 Å². The molecule has 0 bridgehead atoms. The molecule has 4 aromatic carbocycles. The highest BCUT2D eigenvalue weighted by molar-refractivity contribution is 7.91. The summed E-state index contributed by atoms with van der Waals surface area (Å²) in [5.41, 5.74) is 4.48. The zero-order valence-corrected chi connectivity index (χ0v) is 21.1. The van der Waals surface area contributed by atoms with E-state index >= 15 is 0 Å². The van der Waals surface area contributed by atoms with Crippen molar-refractivity contribution in [2.45, 2.75) is 22.9 Å². The minimum absolute atomic E-state index is 0.0510. The number of nitrogens with one attached hydrogen (secondary N) is 3. The molecular formula is C28H22ClN3O4S. The van der Waals surface area contributed by atoms with Crippen LogP contribution in [0.4, 0.5) is 5.69 Å². The van der Waals surface area contributed by atoms with Crippen molar-refractivity contribution in [3.8, 4) is 11.1 Å². The molecule has 37 heavy (non-hydrogen) atoms. The molecule has 9 heteroatoms. The van der Waals surface area contributed by atoms with E-state index in [0.29, 0.717) is 6.54 Å². The molecule has 0 atom stereocenters. The number of hydrogen-bond acceptors (Lipinski definition) is 5. The van der Waals surface area contributed by atoms with Crippen molar-refractivity contribution in [2.75, 3.05) is 5.32 Å². The fourth-order valence-corrected chi connectivity index (χ4v) is 5.94. The van der Waals surface area contributed by atoms with Crippen molar-refractivity contribution in [1.29, 1.82) is 0 Å². The lowest BCUT2D eigenvalue weighted by Gasteiger charge is -2.11. The fraction of sp³-hybridized carbons (Fsp3) is 0.0714. The molecule has 186 valence electrons. The van der Waals surface area contributed by atoms with E-state index in [9.17, 15) is 18.0 Å². The van der Waals surface area contributed by atoms with Crippen molar-refractivity contribution in [2.24, 2.45) is 0 Å². The Morgan fingerprint density at radius 1 is 0.784 bits per heavy atom. The molecule has 0 aliphatic carbocycles. The molecule has 1 heterocycles. The third-order valence-electron chi connectivity index (χ3n) is 6.17. The number of amides is 2. The Kier molecular flexibility index (Phi) is 6.80. The van der Waals surface area contributed by atoms with Gasteiger partial charge in [-0.3, -0.25) is 9.59 Å². The summed E-state index contributed by atoms with van der Waals surface area (Å²) in [5, 5.41) is 5.47. The number of benzene rings is 4. The highest BCUT2D eigenvalue weighted by atomic mass is 35.5. The number of hydrogen-bond donors (Lipinski definition) is 3. The normalized spacial score (nSPS) is 13.6. The highest BCUT2D eigenvalue weighted by Crippen LogP contribution is 2.34. The van der Waals surface area contributed by atoms with Gasteiger partial charge in [-0.05, 0) is 64.4 Å². The van der Waals surface area contributed by atoms with Crippen LogP contribution in [0.1, 0.15) is 31.8 Å². The standard InChI is InChI=1S/C28H22ClN3O4S/c29-31-17-19-7-11-21(12-8-19)20-9-5-18(6-10-20)16-30-27(33)22-13-14-26-24(15-22)32-28(34)23-3-1-2-4-25(23)37(26,35)36/h1-15,31H,16-17H2,(H,30,33)(H,32,34). The SMILES string of the molecule is O=C(NCc1ccc(-c2ccc(CNCl)cc2)cc1)c1ccc2c(c1)NC(=O)c1ccccc1S2(=O)=O. The first-order valence-corrected chi connectivity index (χ1v) is 13.3. The monoisotopic (exact) mass is 531 g/mol. The molecule has 0 aromatic heterocycles. The van der Waals surface area contributed by atoms with Gasteiger partial charge in [0.15, 0.2) is 0 Å². The third kappa shape index (κ3) is 4.99. The summed E-state index contributed by atoms with van der Waals surface area (Å²) in [5.74, 6) is -0.926. The Balaban J connectivity index is 1.29. The number of carbonyl (C=O) groups excluding carboxylic acids is 2. The average Bonchev–Trinajstić information content (AvgIpc) is 3.00. The first-order valence-electron chi connectivity index (χ1n) is 11.5. The smallest absolute Gasteiger partial charge is 0.257 e. The Labute approximate surface area is 219 Å². The van der Waals surface area contributed by atoms with Crippen LogP contribution in [0.3, 0.4) is 0 Å². The molecule has 1 aliphatic rings. The Hall–Kier alpha value is -3.98. The van der Waals surface area contributed by atoms with Crippen LogP contribution in [0.2, 0.25) is 0 Å². The van der Waals surface area contributed by atoms with E-state index in [-0.39, 0.29) is 39.1 Å². The first-order chi connectivity index (χ1) is 17.9. The van der Waals surface area contributed by atoms with E-state index in [0.717, 1.165) is 22.3 Å². The van der Waals surface area contributed by atoms with Crippen molar-refractivity contribution in [1.82, 2.24) is 10.2 Å². The van der Waals surface area contributed by atoms with Crippen molar-refractivity contribution >= 4 is 39.1 Å². The van der Waals surface area contributed by atoms with Crippen molar-refractivity contribution < 1.29 is 18.0 Å². The number of rotatable bonds is 6. The maximum atomic E-state index is 13.1. The van der Waals surface area contributed by atoms with Gasteiger partial charge in [0.05, 0.1) is 21.0 Å². The second-order valence-electron chi connectivity index (χ2n) is 8.55. The number of halogens is 1. The lowest BCUT2D eigenvalue weighted by Crippen LogP contribution is -2.23. The molecular weight excluding hydrogens is 510 g/mol. The van der Waals surface area contributed by atoms with E-state index in [1.807, 2.05) is 48.5 Å². The van der Waals surface area contributed by atoms with Gasteiger partial charge in [0.25, 0.3) is 11.8 Å². The van der Waals surface area contributed by atoms with Crippen LogP contribution in [0, 0.1) is 0 Å². The second-order valence-corrected chi connectivity index (χ2v) is 10.7. The van der Waals surface area contributed by atoms with E-state index in [4.69, 9.17) is 11.8 Å². The van der Waals surface area contributed by atoms with E-state index in [2.05, 4.69) is 15.5 Å². The largest absolute Gasteiger partial charge is 0.348 e. The van der Waals surface area contributed by atoms with Crippen LogP contribution in [-0.4, -0.2) is 20.2 Å². The topological polar surface area (TPSA) is 104 Å². The van der Waals surface area contributed by atoms with E-state index in [1.165, 1.54) is 30.3 Å². The zero-order chi connectivity index (χ0) is 26.0. The summed E-state index contributed by atoms with van der Waals surface area (Å²) in [6.07, 6.45) is 0. The van der Waals surface area contributed by atoms with Gasteiger partial charge in [0.2, 0.25) is 9.84 Å². The Morgan fingerprint density at radius 2 is 1.41 bits per heavy atom. The second kappa shape index (κ2) is 10.2. The van der Waals surface area contributed by atoms with Gasteiger partial charge >= 0.3 is 0 Å². The van der Waals surface area contributed by atoms with Crippen LogP contribution >= 0.6 is 11.8 Å². The number of carbonyl (C=O) groups is 2. The quantitative estimate of drug-likeness (QED) is 0.306. The summed E-state index contributed by atoms with van der Waals surface area (Å²) >= 11 is 5.55. The molecule has 2 amide bonds. The van der Waals surface area contributed by atoms with Crippen LogP contribution in [-0.2, 0) is 22.9 Å². The molecule has 0 unspecified atom stereocenters. The van der Waals surface area contributed by atoms with Gasteiger partial charge in [-0.15, -0.1) is 0 Å². The Bertz CT molecular complexity index is 1600. The molecule has 0 radical (unpaired) electrons. The molecule has 0 spiro atoms. The van der Waals surface area contributed by atoms with Gasteiger partial charge in [-0.1, -0.05) is 60.7 Å². The predicted molar refractivity (Wildman–Crippen MR) is 142 cm³/mol. The van der Waals surface area contributed by atoms with Gasteiger partial charge in [0, 0.05) is 18.7 Å². The summed E-state index contributed by atoms with van der Waals surface area (Å²) < 4.78 is 26.3. The molecule has 0 saturated carbocycles. The highest BCUT2D eigenvalue weighted by Gasteiger charge is 2.31. The molecule has 5 rings (SSSR count). The molecule has 0 saturated heterocycles. The lowest BCUT2D eigenvalue weighted by atomic mass is 10.0. The third-order valence-corrected chi connectivity index (χ3v) is 8.17. The first kappa shape index (κ1) is 24.7. The van der Waals surface area contributed by atoms with Crippen LogP contribution < -0.4 is 15.5 Å². The predicted octanol–water partition coefficient (Wildman–Crippen LogP) is 4.93. The van der Waals surface area contributed by atoms with Crippen molar-refractivity contribution in [3.05, 3.63) is 113 Å². The minimum Gasteiger partial charge on any atom is -0.348 e. The molecule has 4 aromatic rings. The summed E-state index contributed by atoms with van der Waals surface area (Å²) in [4.78, 5) is 28.0. The number of anilines is 1. The summed E-state index contributed by atoms with van der Waals surface area (Å²) in [6, 6.07) is 26.1. The Morgan fingerprint density at radius 3 is 2.05 bits per heavy atom. The van der Waals surface area contributed by atoms with Gasteiger partial charge in [-0.25, -0.2) is 13.3 Å². The molecule has 3 N–H and O–H groups in total. The molecule has 1 aliphatic heterocycles. The zero-order valence-electron chi connectivity index (χ0n) is 19.5. The lowest BCUT2D eigenvalue weighted by molar-refractivity contribution is 0.0949. The van der Waals surface area contributed by atoms with Gasteiger partial charge in [-0.2, -0.15) is 0 Å². The van der Waals surface area contributed by atoms with Gasteiger partial charge in [0.1, 0.15) is 0 Å². The van der Waals surface area contributed by atoms with Crippen LogP contribution in [0.15, 0.2) is 101 Å². The minimum atomic E-state index is -3.92. The summed E-state index contributed by atoms with van der Waals surface area (Å²) in [7, 11) is -3.92. The van der Waals surface area contributed by atoms with Gasteiger partial charge < -0.3 is 10.6 Å². The molecule has 7 nitrogen and oxygen atoms in total. The summed E-state index contributed by atoms with van der Waals surface area (Å²) in [6.45, 7) is 0.868. The maximum Gasteiger partial charge on any atom is 0.257 e. The van der Waals surface area contributed by atoms with E-state index < -0.39 is 15.7 Å². The average molecular weight is 532 g/mol. The number of fused-ring (bicyclic) bond motifs is 2. The van der Waals surface area contributed by atoms with Crippen LogP contribution in [0.25, 0.3) is 11.1 Å². The maximum absolute atomic E-state index is 13.1.